The Morgan fingerprint density at radius 3 is 1.87 bits per heavy atom. The number of hydrogen-bond acceptors (Lipinski definition) is 5. The van der Waals surface area contributed by atoms with Crippen LogP contribution >= 0.6 is 0 Å². The molecule has 1 aromatic rings. The Bertz CT molecular complexity index is 448. The van der Waals surface area contributed by atoms with E-state index in [0.29, 0.717) is 19.8 Å². The molecular formula is C17H28O5Si. The van der Waals surface area contributed by atoms with E-state index in [2.05, 4.69) is 0 Å². The van der Waals surface area contributed by atoms with Gasteiger partial charge in [-0.05, 0) is 40.2 Å². The van der Waals surface area contributed by atoms with E-state index in [-0.39, 0.29) is 11.9 Å². The molecule has 0 heterocycles. The number of carbonyl (C=O) groups is 1. The predicted molar refractivity (Wildman–Crippen MR) is 91.0 cm³/mol. The molecule has 0 N–H and O–H groups in total. The Balaban J connectivity index is 2.83. The Hall–Kier alpha value is -1.21. The second kappa shape index (κ2) is 9.82. The van der Waals surface area contributed by atoms with E-state index in [1.165, 1.54) is 0 Å². The van der Waals surface area contributed by atoms with Gasteiger partial charge in [-0.15, -0.1) is 0 Å². The molecule has 0 radical (unpaired) electrons. The first-order chi connectivity index (χ1) is 11.0. The van der Waals surface area contributed by atoms with Crippen molar-refractivity contribution in [2.45, 2.75) is 46.3 Å². The van der Waals surface area contributed by atoms with Gasteiger partial charge >= 0.3 is 14.8 Å². The quantitative estimate of drug-likeness (QED) is 0.483. The highest BCUT2D eigenvalue weighted by Gasteiger charge is 2.50. The average Bonchev–Trinajstić information content (AvgIpc) is 2.55. The molecule has 6 heteroatoms. The zero-order valence-corrected chi connectivity index (χ0v) is 15.7. The summed E-state index contributed by atoms with van der Waals surface area (Å²) in [4.78, 5) is 12.4. The van der Waals surface area contributed by atoms with Gasteiger partial charge in [0.05, 0.1) is 5.92 Å². The van der Waals surface area contributed by atoms with Gasteiger partial charge in [0.25, 0.3) is 0 Å². The summed E-state index contributed by atoms with van der Waals surface area (Å²) in [6.45, 7) is 10.6. The fraction of sp³-hybridized carbons (Fsp3) is 0.588. The van der Waals surface area contributed by atoms with Crippen LogP contribution in [0.3, 0.4) is 0 Å². The van der Waals surface area contributed by atoms with Crippen LogP contribution in [0, 0.1) is 0 Å². The molecule has 0 bridgehead atoms. The molecule has 2 unspecified atom stereocenters. The van der Waals surface area contributed by atoms with E-state index < -0.39 is 14.5 Å². The molecule has 0 fully saturated rings. The van der Waals surface area contributed by atoms with Crippen LogP contribution in [0.4, 0.5) is 0 Å². The van der Waals surface area contributed by atoms with Crippen LogP contribution in [0.2, 0.25) is 0 Å². The van der Waals surface area contributed by atoms with Crippen molar-refractivity contribution in [3.05, 3.63) is 35.9 Å². The normalized spacial score (nSPS) is 14.3. The van der Waals surface area contributed by atoms with E-state index in [1.807, 2.05) is 58.0 Å². The van der Waals surface area contributed by atoms with Crippen molar-refractivity contribution in [2.75, 3.05) is 19.8 Å². The van der Waals surface area contributed by atoms with Crippen LogP contribution in [-0.4, -0.2) is 40.3 Å². The predicted octanol–water partition coefficient (Wildman–Crippen LogP) is 3.31. The first-order valence-corrected chi connectivity index (χ1v) is 9.98. The fourth-order valence-corrected chi connectivity index (χ4v) is 4.73. The zero-order chi connectivity index (χ0) is 17.3. The van der Waals surface area contributed by atoms with E-state index in [1.54, 1.807) is 6.92 Å². The van der Waals surface area contributed by atoms with Gasteiger partial charge in [0.1, 0.15) is 0 Å². The summed E-state index contributed by atoms with van der Waals surface area (Å²) in [5, 5.41) is 0. The molecule has 2 atom stereocenters. The summed E-state index contributed by atoms with van der Waals surface area (Å²) in [6.07, 6.45) is 0. The second-order valence-corrected chi connectivity index (χ2v) is 8.00. The molecule has 0 amide bonds. The van der Waals surface area contributed by atoms with Gasteiger partial charge in [0.15, 0.2) is 5.73 Å². The summed E-state index contributed by atoms with van der Waals surface area (Å²) < 4.78 is 23.0. The maximum Gasteiger partial charge on any atom is 0.543 e. The highest BCUT2D eigenvalue weighted by molar-refractivity contribution is 6.62. The molecule has 0 saturated carbocycles. The van der Waals surface area contributed by atoms with E-state index in [9.17, 15) is 4.79 Å². The third kappa shape index (κ3) is 5.42. The molecule has 130 valence electrons. The number of rotatable bonds is 10. The third-order valence-corrected chi connectivity index (χ3v) is 6.67. The molecule has 0 aliphatic carbocycles. The van der Waals surface area contributed by atoms with Gasteiger partial charge in [0, 0.05) is 19.8 Å². The molecule has 1 rings (SSSR count). The van der Waals surface area contributed by atoms with Crippen molar-refractivity contribution in [3.8, 4) is 0 Å². The smallest absolute Gasteiger partial charge is 0.458 e. The number of benzene rings is 1. The van der Waals surface area contributed by atoms with Crippen molar-refractivity contribution >= 4 is 14.8 Å². The Morgan fingerprint density at radius 2 is 1.43 bits per heavy atom. The highest BCUT2D eigenvalue weighted by atomic mass is 28.4. The standard InChI is InChI=1S/C17H28O5Si/c1-6-19-23(20-7-2,21-8-3)15(5)22-17(18)14(4)16-12-10-9-11-13-16/h9-15H,6-8H2,1-5H3. The summed E-state index contributed by atoms with van der Waals surface area (Å²) in [5.74, 6) is -0.657. The van der Waals surface area contributed by atoms with Crippen molar-refractivity contribution in [1.82, 2.24) is 0 Å². The van der Waals surface area contributed by atoms with Crippen LogP contribution in [-0.2, 0) is 22.8 Å². The Kier molecular flexibility index (Phi) is 8.47. The van der Waals surface area contributed by atoms with Gasteiger partial charge in [0.2, 0.25) is 0 Å². The van der Waals surface area contributed by atoms with Gasteiger partial charge in [-0.3, -0.25) is 4.79 Å². The van der Waals surface area contributed by atoms with Gasteiger partial charge < -0.3 is 18.0 Å². The van der Waals surface area contributed by atoms with Gasteiger partial charge in [-0.1, -0.05) is 30.3 Å². The topological polar surface area (TPSA) is 54.0 Å². The molecule has 0 aliphatic heterocycles. The summed E-state index contributed by atoms with van der Waals surface area (Å²) in [7, 11) is -3.05. The van der Waals surface area contributed by atoms with Gasteiger partial charge in [-0.25, -0.2) is 0 Å². The molecule has 0 aromatic heterocycles. The maximum absolute atomic E-state index is 12.4. The number of esters is 1. The lowest BCUT2D eigenvalue weighted by atomic mass is 10.0. The number of carbonyl (C=O) groups excluding carboxylic acids is 1. The highest BCUT2D eigenvalue weighted by Crippen LogP contribution is 2.22. The van der Waals surface area contributed by atoms with Crippen LogP contribution in [0.5, 0.6) is 0 Å². The molecule has 0 saturated heterocycles. The van der Waals surface area contributed by atoms with E-state index in [0.717, 1.165) is 5.56 Å². The number of hydrogen-bond donors (Lipinski definition) is 0. The lowest BCUT2D eigenvalue weighted by Gasteiger charge is -2.33. The van der Waals surface area contributed by atoms with Crippen molar-refractivity contribution in [1.29, 1.82) is 0 Å². The molecule has 1 aromatic carbocycles. The van der Waals surface area contributed by atoms with Crippen molar-refractivity contribution in [3.63, 3.8) is 0 Å². The largest absolute Gasteiger partial charge is 0.543 e. The Morgan fingerprint density at radius 1 is 0.957 bits per heavy atom. The number of ether oxygens (including phenoxy) is 1. The summed E-state index contributed by atoms with van der Waals surface area (Å²) >= 11 is 0. The Labute approximate surface area is 140 Å². The lowest BCUT2D eigenvalue weighted by Crippen LogP contribution is -2.57. The van der Waals surface area contributed by atoms with E-state index >= 15 is 0 Å². The first kappa shape index (κ1) is 19.8. The molecule has 5 nitrogen and oxygen atoms in total. The van der Waals surface area contributed by atoms with Crippen LogP contribution in [0.1, 0.15) is 46.1 Å². The SMILES string of the molecule is CCO[Si](OCC)(OCC)C(C)OC(=O)C(C)c1ccccc1. The molecular weight excluding hydrogens is 312 g/mol. The minimum absolute atomic E-state index is 0.306. The minimum Gasteiger partial charge on any atom is -0.458 e. The van der Waals surface area contributed by atoms with Crippen LogP contribution in [0.15, 0.2) is 30.3 Å². The zero-order valence-electron chi connectivity index (χ0n) is 14.7. The molecule has 0 aliphatic rings. The first-order valence-electron chi connectivity index (χ1n) is 8.18. The van der Waals surface area contributed by atoms with Crippen molar-refractivity contribution < 1.29 is 22.8 Å². The maximum atomic E-state index is 12.4. The van der Waals surface area contributed by atoms with Crippen molar-refractivity contribution in [2.24, 2.45) is 0 Å². The van der Waals surface area contributed by atoms with Crippen LogP contribution in [0.25, 0.3) is 0 Å². The van der Waals surface area contributed by atoms with Gasteiger partial charge in [-0.2, -0.15) is 0 Å². The molecule has 23 heavy (non-hydrogen) atoms. The minimum atomic E-state index is -3.05. The third-order valence-electron chi connectivity index (χ3n) is 3.48. The monoisotopic (exact) mass is 340 g/mol. The summed E-state index contributed by atoms with van der Waals surface area (Å²) in [5.41, 5.74) is 0.363. The van der Waals surface area contributed by atoms with E-state index in [4.69, 9.17) is 18.0 Å². The second-order valence-electron chi connectivity index (χ2n) is 5.11. The molecule has 0 spiro atoms. The average molecular weight is 340 g/mol. The van der Waals surface area contributed by atoms with Crippen LogP contribution < -0.4 is 0 Å². The lowest BCUT2D eigenvalue weighted by molar-refractivity contribution is -0.149. The summed E-state index contributed by atoms with van der Waals surface area (Å²) in [6, 6.07) is 9.55. The fourth-order valence-electron chi connectivity index (χ4n) is 2.31.